The van der Waals surface area contributed by atoms with E-state index < -0.39 is 0 Å². The van der Waals surface area contributed by atoms with Crippen molar-refractivity contribution in [3.05, 3.63) is 18.3 Å². The van der Waals surface area contributed by atoms with Crippen molar-refractivity contribution in [2.75, 3.05) is 24.6 Å². The van der Waals surface area contributed by atoms with Crippen molar-refractivity contribution < 1.29 is 9.53 Å². The zero-order valence-electron chi connectivity index (χ0n) is 9.27. The fourth-order valence-corrected chi connectivity index (χ4v) is 1.64. The summed E-state index contributed by atoms with van der Waals surface area (Å²) in [4.78, 5) is 17.4. The van der Waals surface area contributed by atoms with Gasteiger partial charge in [0.05, 0.1) is 18.5 Å². The molecule has 2 amide bonds. The van der Waals surface area contributed by atoms with E-state index in [1.165, 1.54) is 0 Å². The Morgan fingerprint density at radius 2 is 2.44 bits per heavy atom. The predicted octanol–water partition coefficient (Wildman–Crippen LogP) is 1.40. The van der Waals surface area contributed by atoms with E-state index in [-0.39, 0.29) is 6.03 Å². The zero-order valence-corrected chi connectivity index (χ0v) is 9.27. The molecule has 0 atom stereocenters. The summed E-state index contributed by atoms with van der Waals surface area (Å²) < 4.78 is 5.24. The molecule has 0 aromatic carbocycles. The van der Waals surface area contributed by atoms with E-state index in [0.717, 1.165) is 25.2 Å². The van der Waals surface area contributed by atoms with Crippen molar-refractivity contribution in [1.82, 2.24) is 10.3 Å². The number of amides is 2. The van der Waals surface area contributed by atoms with Gasteiger partial charge in [0.1, 0.15) is 0 Å². The van der Waals surface area contributed by atoms with Gasteiger partial charge in [-0.2, -0.15) is 0 Å². The summed E-state index contributed by atoms with van der Waals surface area (Å²) in [5, 5.41) is 2.80. The number of hydrogen-bond donors (Lipinski definition) is 1. The van der Waals surface area contributed by atoms with Gasteiger partial charge in [0.2, 0.25) is 5.88 Å². The minimum atomic E-state index is -0.0581. The third kappa shape index (κ3) is 2.24. The van der Waals surface area contributed by atoms with Gasteiger partial charge >= 0.3 is 6.03 Å². The minimum absolute atomic E-state index is 0.0581. The second kappa shape index (κ2) is 4.83. The maximum Gasteiger partial charge on any atom is 0.321 e. The van der Waals surface area contributed by atoms with Crippen LogP contribution in [0.2, 0.25) is 0 Å². The maximum atomic E-state index is 11.6. The maximum absolute atomic E-state index is 11.6. The SMILES string of the molecule is CCOc1ccc(N2CCCNC2=O)cn1. The van der Waals surface area contributed by atoms with Crippen molar-refractivity contribution >= 4 is 11.7 Å². The lowest BCUT2D eigenvalue weighted by Crippen LogP contribution is -2.46. The van der Waals surface area contributed by atoms with Crippen LogP contribution in [0.1, 0.15) is 13.3 Å². The van der Waals surface area contributed by atoms with Crippen LogP contribution in [0.4, 0.5) is 10.5 Å². The van der Waals surface area contributed by atoms with Gasteiger partial charge in [0.25, 0.3) is 0 Å². The van der Waals surface area contributed by atoms with E-state index in [1.54, 1.807) is 17.2 Å². The topological polar surface area (TPSA) is 54.5 Å². The molecule has 0 bridgehead atoms. The second-order valence-corrected chi connectivity index (χ2v) is 3.52. The van der Waals surface area contributed by atoms with Crippen molar-refractivity contribution in [3.63, 3.8) is 0 Å². The van der Waals surface area contributed by atoms with Crippen LogP contribution in [0.3, 0.4) is 0 Å². The van der Waals surface area contributed by atoms with Crippen LogP contribution in [0.5, 0.6) is 5.88 Å². The quantitative estimate of drug-likeness (QED) is 0.839. The molecule has 1 aromatic heterocycles. The molecule has 0 radical (unpaired) electrons. The number of carbonyl (C=O) groups is 1. The summed E-state index contributed by atoms with van der Waals surface area (Å²) in [6.45, 7) is 3.99. The standard InChI is InChI=1S/C11H15N3O2/c1-2-16-10-5-4-9(8-13-10)14-7-3-6-12-11(14)15/h4-5,8H,2-3,6-7H2,1H3,(H,12,15). The first-order chi connectivity index (χ1) is 7.81. The van der Waals surface area contributed by atoms with E-state index in [1.807, 2.05) is 13.0 Å². The van der Waals surface area contributed by atoms with Gasteiger partial charge in [-0.1, -0.05) is 0 Å². The highest BCUT2D eigenvalue weighted by atomic mass is 16.5. The molecule has 16 heavy (non-hydrogen) atoms. The lowest BCUT2D eigenvalue weighted by Gasteiger charge is -2.27. The number of hydrogen-bond acceptors (Lipinski definition) is 3. The fraction of sp³-hybridized carbons (Fsp3) is 0.455. The highest BCUT2D eigenvalue weighted by molar-refractivity contribution is 5.92. The Kier molecular flexibility index (Phi) is 3.24. The second-order valence-electron chi connectivity index (χ2n) is 3.52. The summed E-state index contributed by atoms with van der Waals surface area (Å²) in [6, 6.07) is 3.57. The van der Waals surface area contributed by atoms with Gasteiger partial charge in [-0.3, -0.25) is 4.90 Å². The molecule has 0 spiro atoms. The molecule has 1 fully saturated rings. The molecule has 0 saturated carbocycles. The molecule has 86 valence electrons. The lowest BCUT2D eigenvalue weighted by atomic mass is 10.3. The van der Waals surface area contributed by atoms with Gasteiger partial charge < -0.3 is 10.1 Å². The minimum Gasteiger partial charge on any atom is -0.478 e. The largest absolute Gasteiger partial charge is 0.478 e. The predicted molar refractivity (Wildman–Crippen MR) is 60.8 cm³/mol. The first-order valence-electron chi connectivity index (χ1n) is 5.45. The molecular weight excluding hydrogens is 206 g/mol. The van der Waals surface area contributed by atoms with E-state index in [2.05, 4.69) is 10.3 Å². The normalized spacial score (nSPS) is 15.8. The summed E-state index contributed by atoms with van der Waals surface area (Å²) in [5.74, 6) is 0.587. The fourth-order valence-electron chi connectivity index (χ4n) is 1.64. The van der Waals surface area contributed by atoms with Crippen LogP contribution in [-0.4, -0.2) is 30.7 Å². The molecule has 5 nitrogen and oxygen atoms in total. The highest BCUT2D eigenvalue weighted by Gasteiger charge is 2.19. The number of carbonyl (C=O) groups excluding carboxylic acids is 1. The Morgan fingerprint density at radius 1 is 1.56 bits per heavy atom. The Labute approximate surface area is 94.4 Å². The van der Waals surface area contributed by atoms with Crippen molar-refractivity contribution in [1.29, 1.82) is 0 Å². The Hall–Kier alpha value is -1.78. The Morgan fingerprint density at radius 3 is 3.06 bits per heavy atom. The summed E-state index contributed by atoms with van der Waals surface area (Å²) in [7, 11) is 0. The zero-order chi connectivity index (χ0) is 11.4. The molecule has 5 heteroatoms. The van der Waals surface area contributed by atoms with Gasteiger partial charge in [-0.15, -0.1) is 0 Å². The van der Waals surface area contributed by atoms with Crippen LogP contribution < -0.4 is 15.0 Å². The number of ether oxygens (including phenoxy) is 1. The molecule has 0 unspecified atom stereocenters. The van der Waals surface area contributed by atoms with Gasteiger partial charge in [0, 0.05) is 19.2 Å². The summed E-state index contributed by atoms with van der Waals surface area (Å²) in [5.41, 5.74) is 0.806. The average molecular weight is 221 g/mol. The third-order valence-electron chi connectivity index (χ3n) is 2.40. The van der Waals surface area contributed by atoms with E-state index in [4.69, 9.17) is 4.74 Å². The van der Waals surface area contributed by atoms with E-state index in [9.17, 15) is 4.79 Å². The molecule has 1 aromatic rings. The van der Waals surface area contributed by atoms with Crippen molar-refractivity contribution in [3.8, 4) is 5.88 Å². The van der Waals surface area contributed by atoms with Crippen LogP contribution in [0, 0.1) is 0 Å². The molecule has 1 aliphatic rings. The highest BCUT2D eigenvalue weighted by Crippen LogP contribution is 2.18. The van der Waals surface area contributed by atoms with Crippen LogP contribution in [0.15, 0.2) is 18.3 Å². The number of pyridine rings is 1. The van der Waals surface area contributed by atoms with Crippen LogP contribution in [-0.2, 0) is 0 Å². The Bertz CT molecular complexity index is 364. The number of nitrogens with one attached hydrogen (secondary N) is 1. The molecule has 1 saturated heterocycles. The first-order valence-corrected chi connectivity index (χ1v) is 5.45. The number of nitrogens with zero attached hydrogens (tertiary/aromatic N) is 2. The van der Waals surface area contributed by atoms with Gasteiger partial charge in [-0.25, -0.2) is 9.78 Å². The molecule has 0 aliphatic carbocycles. The monoisotopic (exact) mass is 221 g/mol. The van der Waals surface area contributed by atoms with Gasteiger partial charge in [-0.05, 0) is 19.4 Å². The van der Waals surface area contributed by atoms with Crippen molar-refractivity contribution in [2.24, 2.45) is 0 Å². The number of aromatic nitrogens is 1. The molecule has 2 heterocycles. The molecule has 1 aliphatic heterocycles. The molecular formula is C11H15N3O2. The van der Waals surface area contributed by atoms with Gasteiger partial charge in [0.15, 0.2) is 0 Å². The Balaban J connectivity index is 2.11. The number of rotatable bonds is 3. The third-order valence-corrected chi connectivity index (χ3v) is 2.40. The summed E-state index contributed by atoms with van der Waals surface area (Å²) >= 11 is 0. The average Bonchev–Trinajstić information content (AvgIpc) is 2.31. The number of urea groups is 1. The summed E-state index contributed by atoms with van der Waals surface area (Å²) in [6.07, 6.45) is 2.62. The van der Waals surface area contributed by atoms with E-state index >= 15 is 0 Å². The first kappa shape index (κ1) is 10.7. The molecule has 1 N–H and O–H groups in total. The number of anilines is 1. The van der Waals surface area contributed by atoms with Crippen molar-refractivity contribution in [2.45, 2.75) is 13.3 Å². The smallest absolute Gasteiger partial charge is 0.321 e. The molecule has 2 rings (SSSR count). The lowest BCUT2D eigenvalue weighted by molar-refractivity contribution is 0.243. The van der Waals surface area contributed by atoms with Crippen LogP contribution in [0.25, 0.3) is 0 Å². The van der Waals surface area contributed by atoms with Crippen LogP contribution >= 0.6 is 0 Å². The van der Waals surface area contributed by atoms with E-state index in [0.29, 0.717) is 12.5 Å².